The Bertz CT molecular complexity index is 1250. The van der Waals surface area contributed by atoms with E-state index in [1.807, 2.05) is 18.2 Å². The Hall–Kier alpha value is -3.21. The van der Waals surface area contributed by atoms with Crippen molar-refractivity contribution in [3.63, 3.8) is 0 Å². The van der Waals surface area contributed by atoms with Gasteiger partial charge in [0.1, 0.15) is 5.78 Å². The Morgan fingerprint density at radius 2 is 1.28 bits per heavy atom. The van der Waals surface area contributed by atoms with Gasteiger partial charge >= 0.3 is 0 Å². The van der Waals surface area contributed by atoms with Crippen LogP contribution in [0.15, 0.2) is 84.9 Å². The highest BCUT2D eigenvalue weighted by Gasteiger charge is 2.36. The fourth-order valence-corrected chi connectivity index (χ4v) is 5.19. The summed E-state index contributed by atoms with van der Waals surface area (Å²) in [5.74, 6) is -0.318. The van der Waals surface area contributed by atoms with Gasteiger partial charge in [0.15, 0.2) is 0 Å². The average molecular weight is 501 g/mol. The molecule has 2 atom stereocenters. The molecular weight excluding hydrogens is 468 g/mol. The van der Waals surface area contributed by atoms with Crippen molar-refractivity contribution in [2.75, 3.05) is 19.6 Å². The van der Waals surface area contributed by atoms with Crippen molar-refractivity contribution < 1.29 is 9.59 Å². The summed E-state index contributed by atoms with van der Waals surface area (Å²) in [5, 5.41) is 11.2. The molecule has 0 saturated carbocycles. The molecule has 1 heterocycles. The smallest absolute Gasteiger partial charge is 0.225 e. The molecule has 1 aliphatic heterocycles. The van der Waals surface area contributed by atoms with Gasteiger partial charge in [-0.15, -0.1) is 12.4 Å². The second-order valence-electron chi connectivity index (χ2n) is 9.60. The third-order valence-corrected chi connectivity index (χ3v) is 7.19. The zero-order valence-corrected chi connectivity index (χ0v) is 21.2. The van der Waals surface area contributed by atoms with Crippen LogP contribution in [0.1, 0.15) is 24.0 Å². The number of rotatable bonds is 9. The number of hydrogen-bond acceptors (Lipinski definition) is 3. The summed E-state index contributed by atoms with van der Waals surface area (Å²) in [7, 11) is 0. The van der Waals surface area contributed by atoms with Crippen LogP contribution >= 0.6 is 12.4 Å². The number of amides is 1. The number of benzene rings is 4. The molecule has 36 heavy (non-hydrogen) atoms. The van der Waals surface area contributed by atoms with Gasteiger partial charge in [-0.25, -0.2) is 0 Å². The van der Waals surface area contributed by atoms with Crippen LogP contribution in [0.25, 0.3) is 21.5 Å². The third-order valence-electron chi connectivity index (χ3n) is 7.19. The summed E-state index contributed by atoms with van der Waals surface area (Å²) in [6.07, 6.45) is 2.98. The molecule has 5 rings (SSSR count). The van der Waals surface area contributed by atoms with Crippen LogP contribution in [0.2, 0.25) is 0 Å². The SMILES string of the molecule is Cl.O=C(CCCc1ccc2ccccc2c1)[C@@H]1CNC[C@H]1C(=O)NCCc1ccc2ccccc2c1. The standard InChI is InChI=1S/C31H32N2O2.ClH/c34-30(11-5-6-22-12-14-24-7-1-3-9-26(24)18-22)28-20-32-21-29(28)31(35)33-17-16-23-13-15-25-8-2-4-10-27(25)19-23;/h1-4,7-10,12-15,18-19,28-29,32H,5-6,11,16-17,20-21H2,(H,33,35);1H/t28-,29-;/m1./s1. The Kier molecular flexibility index (Phi) is 8.74. The molecule has 1 amide bonds. The summed E-state index contributed by atoms with van der Waals surface area (Å²) in [6.45, 7) is 1.75. The molecule has 4 aromatic rings. The van der Waals surface area contributed by atoms with E-state index in [0.29, 0.717) is 26.1 Å². The van der Waals surface area contributed by atoms with Crippen molar-refractivity contribution in [3.05, 3.63) is 96.1 Å². The molecule has 0 aromatic heterocycles. The summed E-state index contributed by atoms with van der Waals surface area (Å²) in [4.78, 5) is 25.8. The molecule has 1 fully saturated rings. The first kappa shape index (κ1) is 25.9. The number of halogens is 1. The van der Waals surface area contributed by atoms with Crippen LogP contribution in [0.3, 0.4) is 0 Å². The third kappa shape index (κ3) is 6.13. The van der Waals surface area contributed by atoms with E-state index in [1.165, 1.54) is 32.7 Å². The van der Waals surface area contributed by atoms with E-state index in [1.54, 1.807) is 0 Å². The number of aryl methyl sites for hydroxylation is 1. The van der Waals surface area contributed by atoms with Gasteiger partial charge in [0.25, 0.3) is 0 Å². The van der Waals surface area contributed by atoms with E-state index in [2.05, 4.69) is 77.4 Å². The fourth-order valence-electron chi connectivity index (χ4n) is 5.19. The molecule has 0 radical (unpaired) electrons. The largest absolute Gasteiger partial charge is 0.355 e. The van der Waals surface area contributed by atoms with E-state index in [4.69, 9.17) is 0 Å². The van der Waals surface area contributed by atoms with Crippen molar-refractivity contribution in [3.8, 4) is 0 Å². The topological polar surface area (TPSA) is 58.2 Å². The number of nitrogens with one attached hydrogen (secondary N) is 2. The first-order valence-electron chi connectivity index (χ1n) is 12.6. The van der Waals surface area contributed by atoms with E-state index >= 15 is 0 Å². The molecule has 4 nitrogen and oxygen atoms in total. The molecule has 0 aliphatic carbocycles. The van der Waals surface area contributed by atoms with E-state index in [0.717, 1.165) is 19.3 Å². The lowest BCUT2D eigenvalue weighted by atomic mass is 9.88. The van der Waals surface area contributed by atoms with Gasteiger partial charge < -0.3 is 10.6 Å². The molecular formula is C31H33ClN2O2. The molecule has 0 unspecified atom stereocenters. The zero-order chi connectivity index (χ0) is 24.0. The summed E-state index contributed by atoms with van der Waals surface area (Å²) >= 11 is 0. The van der Waals surface area contributed by atoms with Crippen LogP contribution in [-0.4, -0.2) is 31.3 Å². The van der Waals surface area contributed by atoms with E-state index < -0.39 is 0 Å². The molecule has 1 saturated heterocycles. The van der Waals surface area contributed by atoms with Gasteiger partial charge in [0.05, 0.1) is 5.92 Å². The molecule has 0 spiro atoms. The second-order valence-corrected chi connectivity index (χ2v) is 9.60. The summed E-state index contributed by atoms with van der Waals surface area (Å²) < 4.78 is 0. The fraction of sp³-hybridized carbons (Fsp3) is 0.290. The Balaban J connectivity index is 0.00000304. The van der Waals surface area contributed by atoms with Crippen molar-refractivity contribution >= 4 is 45.6 Å². The minimum Gasteiger partial charge on any atom is -0.355 e. The van der Waals surface area contributed by atoms with Crippen molar-refractivity contribution in [2.24, 2.45) is 11.8 Å². The number of Topliss-reactive ketones (excluding diaryl/α,β-unsaturated/α-hetero) is 1. The zero-order valence-electron chi connectivity index (χ0n) is 20.4. The van der Waals surface area contributed by atoms with Crippen LogP contribution in [-0.2, 0) is 22.4 Å². The van der Waals surface area contributed by atoms with Crippen molar-refractivity contribution in [1.29, 1.82) is 0 Å². The highest BCUT2D eigenvalue weighted by Crippen LogP contribution is 2.22. The second kappa shape index (κ2) is 12.2. The maximum atomic E-state index is 13.0. The van der Waals surface area contributed by atoms with Gasteiger partial charge in [-0.05, 0) is 51.9 Å². The van der Waals surface area contributed by atoms with E-state index in [-0.39, 0.29) is 35.9 Å². The van der Waals surface area contributed by atoms with Crippen LogP contribution < -0.4 is 10.6 Å². The lowest BCUT2D eigenvalue weighted by Crippen LogP contribution is -2.38. The van der Waals surface area contributed by atoms with E-state index in [9.17, 15) is 9.59 Å². The Morgan fingerprint density at radius 1 is 0.722 bits per heavy atom. The monoisotopic (exact) mass is 500 g/mol. The van der Waals surface area contributed by atoms with Crippen molar-refractivity contribution in [2.45, 2.75) is 25.7 Å². The summed E-state index contributed by atoms with van der Waals surface area (Å²) in [5.41, 5.74) is 2.46. The molecule has 0 bridgehead atoms. The minimum atomic E-state index is -0.278. The first-order valence-corrected chi connectivity index (χ1v) is 12.6. The molecule has 2 N–H and O–H groups in total. The predicted octanol–water partition coefficient (Wildman–Crippen LogP) is 5.50. The molecule has 186 valence electrons. The number of hydrogen-bond donors (Lipinski definition) is 2. The quantitative estimate of drug-likeness (QED) is 0.319. The number of carbonyl (C=O) groups is 2. The van der Waals surface area contributed by atoms with Crippen LogP contribution in [0.5, 0.6) is 0 Å². The maximum absolute atomic E-state index is 13.0. The molecule has 4 aromatic carbocycles. The average Bonchev–Trinajstić information content (AvgIpc) is 3.39. The van der Waals surface area contributed by atoms with Gasteiger partial charge in [0, 0.05) is 32.0 Å². The maximum Gasteiger partial charge on any atom is 0.225 e. The number of carbonyl (C=O) groups excluding carboxylic acids is 2. The predicted molar refractivity (Wildman–Crippen MR) is 150 cm³/mol. The van der Waals surface area contributed by atoms with Crippen LogP contribution in [0, 0.1) is 11.8 Å². The Labute approximate surface area is 218 Å². The van der Waals surface area contributed by atoms with Crippen LogP contribution in [0.4, 0.5) is 0 Å². The lowest BCUT2D eigenvalue weighted by Gasteiger charge is -2.17. The minimum absolute atomic E-state index is 0. The number of ketones is 1. The van der Waals surface area contributed by atoms with Gasteiger partial charge in [-0.3, -0.25) is 9.59 Å². The van der Waals surface area contributed by atoms with Crippen molar-refractivity contribution in [1.82, 2.24) is 10.6 Å². The lowest BCUT2D eigenvalue weighted by molar-refractivity contribution is -0.131. The normalized spacial score (nSPS) is 17.1. The molecule has 5 heteroatoms. The van der Waals surface area contributed by atoms with Gasteiger partial charge in [0.2, 0.25) is 5.91 Å². The van der Waals surface area contributed by atoms with Gasteiger partial charge in [-0.2, -0.15) is 0 Å². The highest BCUT2D eigenvalue weighted by molar-refractivity contribution is 5.90. The highest BCUT2D eigenvalue weighted by atomic mass is 35.5. The Morgan fingerprint density at radius 3 is 1.92 bits per heavy atom. The molecule has 1 aliphatic rings. The van der Waals surface area contributed by atoms with Gasteiger partial charge in [-0.1, -0.05) is 84.9 Å². The summed E-state index contributed by atoms with van der Waals surface area (Å²) in [6, 6.07) is 29.6. The first-order chi connectivity index (χ1) is 17.2. The number of fused-ring (bicyclic) bond motifs is 2.